The molecule has 2 aromatic heterocycles. The van der Waals surface area contributed by atoms with Gasteiger partial charge in [0, 0.05) is 23.6 Å². The van der Waals surface area contributed by atoms with Crippen molar-refractivity contribution in [1.29, 1.82) is 0 Å². The molecule has 1 amide bonds. The average molecular weight is 477 g/mol. The van der Waals surface area contributed by atoms with Gasteiger partial charge in [-0.25, -0.2) is 13.9 Å². The van der Waals surface area contributed by atoms with Crippen LogP contribution in [-0.4, -0.2) is 41.3 Å². The number of carbonyl (C=O) groups excluding carboxylic acids is 1. The number of amides is 1. The molecular formula is C27H29FN4O3. The van der Waals surface area contributed by atoms with Crippen molar-refractivity contribution >= 4 is 11.6 Å². The van der Waals surface area contributed by atoms with Crippen LogP contribution in [0.25, 0.3) is 16.9 Å². The molecule has 4 rings (SSSR count). The minimum absolute atomic E-state index is 0.198. The monoisotopic (exact) mass is 476 g/mol. The second kappa shape index (κ2) is 9.74. The summed E-state index contributed by atoms with van der Waals surface area (Å²) in [5.41, 5.74) is 3.06. The van der Waals surface area contributed by atoms with E-state index in [4.69, 9.17) is 9.47 Å². The van der Waals surface area contributed by atoms with Gasteiger partial charge in [-0.3, -0.25) is 4.79 Å². The fraction of sp³-hybridized carbons (Fsp3) is 0.296. The molecule has 4 aromatic rings. The topological polar surface area (TPSA) is 77.8 Å². The van der Waals surface area contributed by atoms with Gasteiger partial charge in [-0.05, 0) is 42.3 Å². The first-order valence-electron chi connectivity index (χ1n) is 11.4. The summed E-state index contributed by atoms with van der Waals surface area (Å²) in [6.07, 6.45) is 0.593. The van der Waals surface area contributed by atoms with E-state index in [1.54, 1.807) is 43.0 Å². The smallest absolute Gasteiger partial charge is 0.270 e. The molecule has 1 N–H and O–H groups in total. The third-order valence-corrected chi connectivity index (χ3v) is 5.73. The zero-order chi connectivity index (χ0) is 25.2. The van der Waals surface area contributed by atoms with Crippen LogP contribution in [0.5, 0.6) is 11.5 Å². The molecule has 0 aliphatic rings. The molecule has 7 nitrogen and oxygen atoms in total. The normalized spacial score (nSPS) is 11.5. The first-order valence-corrected chi connectivity index (χ1v) is 11.4. The van der Waals surface area contributed by atoms with E-state index < -0.39 is 5.82 Å². The third kappa shape index (κ3) is 5.11. The second-order valence-electron chi connectivity index (χ2n) is 9.25. The van der Waals surface area contributed by atoms with Gasteiger partial charge in [-0.15, -0.1) is 0 Å². The molecule has 0 bridgehead atoms. The SMILES string of the molecule is COc1ccc(CCNC(=O)c2cc(-c3ccccc3F)n3nc(C(C)(C)C)cc3n2)cc1OC. The van der Waals surface area contributed by atoms with E-state index in [0.29, 0.717) is 41.4 Å². The Morgan fingerprint density at radius 2 is 1.77 bits per heavy atom. The number of halogens is 1. The predicted octanol–water partition coefficient (Wildman–Crippen LogP) is 4.82. The largest absolute Gasteiger partial charge is 0.493 e. The summed E-state index contributed by atoms with van der Waals surface area (Å²) in [4.78, 5) is 17.6. The molecule has 0 aliphatic carbocycles. The summed E-state index contributed by atoms with van der Waals surface area (Å²) >= 11 is 0. The lowest BCUT2D eigenvalue weighted by atomic mass is 9.93. The highest BCUT2D eigenvalue weighted by Gasteiger charge is 2.22. The van der Waals surface area contributed by atoms with Gasteiger partial charge in [-0.2, -0.15) is 5.10 Å². The number of aromatic nitrogens is 3. The number of nitrogens with zero attached hydrogens (tertiary/aromatic N) is 3. The fourth-order valence-electron chi connectivity index (χ4n) is 3.77. The zero-order valence-corrected chi connectivity index (χ0v) is 20.6. The number of methoxy groups -OCH3 is 2. The number of benzene rings is 2. The number of hydrogen-bond donors (Lipinski definition) is 1. The van der Waals surface area contributed by atoms with Gasteiger partial charge < -0.3 is 14.8 Å². The summed E-state index contributed by atoms with van der Waals surface area (Å²) in [6, 6.07) is 15.5. The van der Waals surface area contributed by atoms with E-state index in [1.165, 1.54) is 6.07 Å². The standard InChI is InChI=1S/C27H29FN4O3/c1-27(2,3)24-16-25-30-20(15-21(32(25)31-24)18-8-6-7-9-19(18)28)26(33)29-13-12-17-10-11-22(34-4)23(14-17)35-5/h6-11,14-16H,12-13H2,1-5H3,(H,29,33). The lowest BCUT2D eigenvalue weighted by molar-refractivity contribution is 0.0949. The van der Waals surface area contributed by atoms with E-state index in [-0.39, 0.29) is 17.0 Å². The summed E-state index contributed by atoms with van der Waals surface area (Å²) in [7, 11) is 3.17. The number of fused-ring (bicyclic) bond motifs is 1. The van der Waals surface area contributed by atoms with Gasteiger partial charge in [0.05, 0.1) is 25.6 Å². The highest BCUT2D eigenvalue weighted by atomic mass is 19.1. The van der Waals surface area contributed by atoms with Crippen LogP contribution in [0, 0.1) is 5.82 Å². The van der Waals surface area contributed by atoms with Crippen LogP contribution < -0.4 is 14.8 Å². The Morgan fingerprint density at radius 1 is 1.03 bits per heavy atom. The van der Waals surface area contributed by atoms with Gasteiger partial charge >= 0.3 is 0 Å². The molecule has 0 saturated heterocycles. The first-order chi connectivity index (χ1) is 16.7. The number of rotatable bonds is 7. The van der Waals surface area contributed by atoms with Crippen molar-refractivity contribution in [1.82, 2.24) is 19.9 Å². The van der Waals surface area contributed by atoms with E-state index in [9.17, 15) is 9.18 Å². The number of nitrogens with one attached hydrogen (secondary N) is 1. The van der Waals surface area contributed by atoms with Crippen molar-refractivity contribution in [2.24, 2.45) is 0 Å². The molecule has 2 aromatic carbocycles. The maximum absolute atomic E-state index is 14.7. The summed E-state index contributed by atoms with van der Waals surface area (Å²) < 4.78 is 26.9. The Bertz CT molecular complexity index is 1370. The van der Waals surface area contributed by atoms with Crippen LogP contribution in [0.3, 0.4) is 0 Å². The molecular weight excluding hydrogens is 447 g/mol. The molecule has 0 atom stereocenters. The highest BCUT2D eigenvalue weighted by molar-refractivity contribution is 5.94. The summed E-state index contributed by atoms with van der Waals surface area (Å²) in [5, 5.41) is 7.58. The van der Waals surface area contributed by atoms with Gasteiger partial charge in [0.15, 0.2) is 17.1 Å². The van der Waals surface area contributed by atoms with Crippen molar-refractivity contribution in [3.8, 4) is 22.8 Å². The van der Waals surface area contributed by atoms with Gasteiger partial charge in [-0.1, -0.05) is 39.0 Å². The Hall–Kier alpha value is -3.94. The van der Waals surface area contributed by atoms with Crippen LogP contribution in [0.1, 0.15) is 42.5 Å². The minimum Gasteiger partial charge on any atom is -0.493 e. The van der Waals surface area contributed by atoms with Crippen LogP contribution in [0.15, 0.2) is 54.6 Å². The van der Waals surface area contributed by atoms with Gasteiger partial charge in [0.2, 0.25) is 0 Å². The molecule has 35 heavy (non-hydrogen) atoms. The summed E-state index contributed by atoms with van der Waals surface area (Å²) in [5.74, 6) is 0.541. The zero-order valence-electron chi connectivity index (χ0n) is 20.6. The molecule has 0 spiro atoms. The molecule has 0 aliphatic heterocycles. The van der Waals surface area contributed by atoms with E-state index in [1.807, 2.05) is 45.0 Å². The molecule has 0 fully saturated rings. The molecule has 2 heterocycles. The number of hydrogen-bond acceptors (Lipinski definition) is 5. The predicted molar refractivity (Wildman–Crippen MR) is 133 cm³/mol. The average Bonchev–Trinajstić information content (AvgIpc) is 3.29. The number of ether oxygens (including phenoxy) is 2. The number of carbonyl (C=O) groups is 1. The maximum Gasteiger partial charge on any atom is 0.270 e. The Balaban J connectivity index is 1.62. The van der Waals surface area contributed by atoms with Crippen molar-refractivity contribution in [2.45, 2.75) is 32.6 Å². The quantitative estimate of drug-likeness (QED) is 0.414. The van der Waals surface area contributed by atoms with Crippen molar-refractivity contribution in [3.05, 3.63) is 77.4 Å². The van der Waals surface area contributed by atoms with Crippen LogP contribution in [0.2, 0.25) is 0 Å². The Kier molecular flexibility index (Phi) is 6.73. The molecule has 0 unspecified atom stereocenters. The van der Waals surface area contributed by atoms with Crippen LogP contribution >= 0.6 is 0 Å². The van der Waals surface area contributed by atoms with E-state index in [0.717, 1.165) is 11.3 Å². The van der Waals surface area contributed by atoms with Crippen LogP contribution in [0.4, 0.5) is 4.39 Å². The van der Waals surface area contributed by atoms with Gasteiger partial charge in [0.25, 0.3) is 5.91 Å². The van der Waals surface area contributed by atoms with Gasteiger partial charge in [0.1, 0.15) is 11.5 Å². The first kappa shape index (κ1) is 24.2. The molecule has 182 valence electrons. The van der Waals surface area contributed by atoms with Crippen molar-refractivity contribution in [2.75, 3.05) is 20.8 Å². The third-order valence-electron chi connectivity index (χ3n) is 5.73. The van der Waals surface area contributed by atoms with Crippen molar-refractivity contribution < 1.29 is 18.7 Å². The van der Waals surface area contributed by atoms with E-state index in [2.05, 4.69) is 15.4 Å². The maximum atomic E-state index is 14.7. The Morgan fingerprint density at radius 3 is 2.46 bits per heavy atom. The van der Waals surface area contributed by atoms with Crippen molar-refractivity contribution in [3.63, 3.8) is 0 Å². The minimum atomic E-state index is -0.396. The lowest BCUT2D eigenvalue weighted by Crippen LogP contribution is -2.27. The van der Waals surface area contributed by atoms with Crippen LogP contribution in [-0.2, 0) is 11.8 Å². The molecule has 0 saturated carbocycles. The lowest BCUT2D eigenvalue weighted by Gasteiger charge is -2.14. The molecule has 0 radical (unpaired) electrons. The molecule has 8 heteroatoms. The second-order valence-corrected chi connectivity index (χ2v) is 9.25. The highest BCUT2D eigenvalue weighted by Crippen LogP contribution is 2.29. The van der Waals surface area contributed by atoms with E-state index >= 15 is 0 Å². The summed E-state index contributed by atoms with van der Waals surface area (Å²) in [6.45, 7) is 6.51. The Labute approximate surface area is 203 Å². The fourth-order valence-corrected chi connectivity index (χ4v) is 3.77.